The molecule has 0 spiro atoms. The topological polar surface area (TPSA) is 95.9 Å². The van der Waals surface area contributed by atoms with Crippen LogP contribution in [-0.4, -0.2) is 47.4 Å². The van der Waals surface area contributed by atoms with E-state index >= 15 is 0 Å². The number of nitrogens with one attached hydrogen (secondary N) is 1. The molecule has 0 saturated carbocycles. The number of carbonyl (C=O) groups excluding carboxylic acids is 2. The van der Waals surface area contributed by atoms with Crippen LogP contribution in [0.2, 0.25) is 0 Å². The van der Waals surface area contributed by atoms with Gasteiger partial charge in [-0.25, -0.2) is 0 Å². The summed E-state index contributed by atoms with van der Waals surface area (Å²) in [5.41, 5.74) is 0. The summed E-state index contributed by atoms with van der Waals surface area (Å²) in [6, 6.07) is -0.624. The number of ether oxygens (including phenoxy) is 1. The van der Waals surface area contributed by atoms with Crippen LogP contribution in [0.1, 0.15) is 399 Å². The third kappa shape index (κ3) is 63.5. The highest BCUT2D eigenvalue weighted by molar-refractivity contribution is 5.76. The fourth-order valence-electron chi connectivity index (χ4n) is 11.3. The maximum atomic E-state index is 12.5. The zero-order chi connectivity index (χ0) is 56.4. The minimum Gasteiger partial charge on any atom is -0.466 e. The van der Waals surface area contributed by atoms with E-state index < -0.39 is 12.1 Å². The molecule has 0 saturated heterocycles. The van der Waals surface area contributed by atoms with E-state index in [1.54, 1.807) is 6.08 Å². The van der Waals surface area contributed by atoms with Gasteiger partial charge in [0.1, 0.15) is 0 Å². The molecule has 2 unspecified atom stereocenters. The first-order valence-corrected chi connectivity index (χ1v) is 35.6. The van der Waals surface area contributed by atoms with Crippen molar-refractivity contribution in [2.24, 2.45) is 0 Å². The molecule has 0 aromatic heterocycles. The van der Waals surface area contributed by atoms with Crippen molar-refractivity contribution in [2.75, 3.05) is 13.2 Å². The molecular weight excluding hydrogens is 959 g/mol. The molecule has 462 valence electrons. The van der Waals surface area contributed by atoms with Crippen LogP contribution >= 0.6 is 0 Å². The Morgan fingerprint density at radius 3 is 0.910 bits per heavy atom. The SMILES string of the molecule is CCCCCCCCCCCCCCC/C=C/C(O)C(CO)NC(=O)CCCCCCCCCCCCCCCCCCC/C=C\CCCCCCCCCCCCCCCCOC(=O)CCCCCCCCCCCCC. The van der Waals surface area contributed by atoms with E-state index in [1.165, 1.54) is 334 Å². The number of esters is 1. The van der Waals surface area contributed by atoms with Gasteiger partial charge in [0, 0.05) is 12.8 Å². The second-order valence-electron chi connectivity index (χ2n) is 24.6. The van der Waals surface area contributed by atoms with Crippen LogP contribution in [0, 0.1) is 0 Å². The molecule has 0 radical (unpaired) electrons. The number of aliphatic hydroxyl groups is 2. The summed E-state index contributed by atoms with van der Waals surface area (Å²) >= 11 is 0. The first kappa shape index (κ1) is 76.3. The minimum atomic E-state index is -0.841. The van der Waals surface area contributed by atoms with Crippen molar-refractivity contribution in [2.45, 2.75) is 411 Å². The van der Waals surface area contributed by atoms with Gasteiger partial charge in [-0.2, -0.15) is 0 Å². The fraction of sp³-hybridized carbons (Fsp3) is 0.917. The zero-order valence-electron chi connectivity index (χ0n) is 52.9. The van der Waals surface area contributed by atoms with Gasteiger partial charge < -0.3 is 20.3 Å². The van der Waals surface area contributed by atoms with Crippen molar-refractivity contribution in [3.8, 4) is 0 Å². The molecule has 0 aliphatic carbocycles. The molecule has 0 aliphatic rings. The highest BCUT2D eigenvalue weighted by atomic mass is 16.5. The normalized spacial score (nSPS) is 12.6. The van der Waals surface area contributed by atoms with Crippen LogP contribution in [-0.2, 0) is 14.3 Å². The first-order chi connectivity index (χ1) is 38.5. The lowest BCUT2D eigenvalue weighted by Crippen LogP contribution is -2.45. The highest BCUT2D eigenvalue weighted by Crippen LogP contribution is 2.19. The molecule has 0 aromatic carbocycles. The Labute approximate surface area is 488 Å². The van der Waals surface area contributed by atoms with Gasteiger partial charge in [-0.05, 0) is 57.8 Å². The third-order valence-electron chi connectivity index (χ3n) is 16.7. The Balaban J connectivity index is 3.35. The van der Waals surface area contributed by atoms with Gasteiger partial charge in [0.05, 0.1) is 25.4 Å². The minimum absolute atomic E-state index is 0.0202. The Kier molecular flexibility index (Phi) is 66.4. The number of hydrogen-bond acceptors (Lipinski definition) is 5. The van der Waals surface area contributed by atoms with Gasteiger partial charge in [-0.1, -0.05) is 353 Å². The maximum absolute atomic E-state index is 12.5. The van der Waals surface area contributed by atoms with E-state index in [9.17, 15) is 19.8 Å². The second kappa shape index (κ2) is 67.8. The number of amides is 1. The van der Waals surface area contributed by atoms with Crippen molar-refractivity contribution in [3.63, 3.8) is 0 Å². The van der Waals surface area contributed by atoms with Gasteiger partial charge in [0.15, 0.2) is 0 Å². The molecule has 2 atom stereocenters. The van der Waals surface area contributed by atoms with E-state index in [1.807, 2.05) is 6.08 Å². The summed E-state index contributed by atoms with van der Waals surface area (Å²) in [5.74, 6) is -0.0417. The summed E-state index contributed by atoms with van der Waals surface area (Å²) < 4.78 is 5.48. The van der Waals surface area contributed by atoms with Gasteiger partial charge in [-0.3, -0.25) is 9.59 Å². The van der Waals surface area contributed by atoms with Gasteiger partial charge in [0.25, 0.3) is 0 Å². The molecule has 78 heavy (non-hydrogen) atoms. The maximum Gasteiger partial charge on any atom is 0.305 e. The first-order valence-electron chi connectivity index (χ1n) is 35.6. The van der Waals surface area contributed by atoms with Crippen LogP contribution in [0.4, 0.5) is 0 Å². The molecule has 0 heterocycles. The van der Waals surface area contributed by atoms with Crippen LogP contribution in [0.3, 0.4) is 0 Å². The second-order valence-corrected chi connectivity index (χ2v) is 24.6. The largest absolute Gasteiger partial charge is 0.466 e. The lowest BCUT2D eigenvalue weighted by molar-refractivity contribution is -0.143. The van der Waals surface area contributed by atoms with Crippen LogP contribution in [0.15, 0.2) is 24.3 Å². The molecule has 1 amide bonds. The average Bonchev–Trinajstić information content (AvgIpc) is 3.44. The number of rotatable bonds is 67. The van der Waals surface area contributed by atoms with Crippen molar-refractivity contribution in [1.29, 1.82) is 0 Å². The fourth-order valence-corrected chi connectivity index (χ4v) is 11.3. The Bertz CT molecular complexity index is 1220. The van der Waals surface area contributed by atoms with Gasteiger partial charge in [0.2, 0.25) is 5.91 Å². The van der Waals surface area contributed by atoms with Crippen molar-refractivity contribution in [1.82, 2.24) is 5.32 Å². The number of allylic oxidation sites excluding steroid dienone is 3. The molecule has 0 aromatic rings. The number of aliphatic hydroxyl groups excluding tert-OH is 2. The van der Waals surface area contributed by atoms with Crippen LogP contribution < -0.4 is 5.32 Å². The Hall–Kier alpha value is -1.66. The quantitative estimate of drug-likeness (QED) is 0.0320. The molecule has 3 N–H and O–H groups in total. The predicted molar refractivity (Wildman–Crippen MR) is 343 cm³/mol. The monoisotopic (exact) mass is 1100 g/mol. The summed E-state index contributed by atoms with van der Waals surface area (Å²) in [5, 5.41) is 23.2. The summed E-state index contributed by atoms with van der Waals surface area (Å²) in [7, 11) is 0. The van der Waals surface area contributed by atoms with Crippen molar-refractivity contribution in [3.05, 3.63) is 24.3 Å². The molecule has 6 nitrogen and oxygen atoms in total. The molecular formula is C72H139NO5. The smallest absolute Gasteiger partial charge is 0.305 e. The van der Waals surface area contributed by atoms with E-state index in [-0.39, 0.29) is 18.5 Å². The Morgan fingerprint density at radius 1 is 0.346 bits per heavy atom. The third-order valence-corrected chi connectivity index (χ3v) is 16.7. The van der Waals surface area contributed by atoms with Gasteiger partial charge in [-0.15, -0.1) is 0 Å². The molecule has 6 heteroatoms. The average molecular weight is 1100 g/mol. The van der Waals surface area contributed by atoms with E-state index in [0.29, 0.717) is 19.4 Å². The van der Waals surface area contributed by atoms with E-state index in [2.05, 4.69) is 31.3 Å². The van der Waals surface area contributed by atoms with E-state index in [4.69, 9.17) is 4.74 Å². The predicted octanol–water partition coefficient (Wildman–Crippen LogP) is 22.9. The standard InChI is InChI=1S/C72H139NO5/c1-3-5-7-9-11-13-15-16-38-41-45-48-52-56-60-64-70(75)69(68-74)73-71(76)65-61-57-53-49-46-42-39-36-34-32-30-28-26-24-22-20-18-17-19-21-23-25-27-29-31-33-35-37-40-43-47-51-55-59-63-67-78-72(77)66-62-58-54-50-44-14-12-10-8-6-4-2/h19,21,60,64,69-70,74-75H,3-18,20,22-59,61-63,65-68H2,1-2H3,(H,73,76)/b21-19-,64-60+. The molecule has 0 rings (SSSR count). The van der Waals surface area contributed by atoms with Crippen molar-refractivity contribution >= 4 is 11.9 Å². The molecule has 0 fully saturated rings. The number of hydrogen-bond donors (Lipinski definition) is 3. The lowest BCUT2D eigenvalue weighted by Gasteiger charge is -2.20. The zero-order valence-corrected chi connectivity index (χ0v) is 52.9. The lowest BCUT2D eigenvalue weighted by atomic mass is 10.0. The summed E-state index contributed by atoms with van der Waals surface area (Å²) in [6.07, 6.45) is 85.6. The summed E-state index contributed by atoms with van der Waals surface area (Å²) in [6.45, 7) is 4.93. The van der Waals surface area contributed by atoms with Crippen LogP contribution in [0.5, 0.6) is 0 Å². The molecule has 0 aliphatic heterocycles. The Morgan fingerprint density at radius 2 is 0.603 bits per heavy atom. The molecule has 0 bridgehead atoms. The van der Waals surface area contributed by atoms with Gasteiger partial charge >= 0.3 is 5.97 Å². The van der Waals surface area contributed by atoms with Crippen LogP contribution in [0.25, 0.3) is 0 Å². The van der Waals surface area contributed by atoms with E-state index in [0.717, 1.165) is 38.5 Å². The summed E-state index contributed by atoms with van der Waals surface area (Å²) in [4.78, 5) is 24.5. The van der Waals surface area contributed by atoms with Crippen molar-refractivity contribution < 1.29 is 24.5 Å². The number of unbranched alkanes of at least 4 members (excludes halogenated alkanes) is 54. The number of carbonyl (C=O) groups is 2. The highest BCUT2D eigenvalue weighted by Gasteiger charge is 2.18.